The number of hydrogen-bond donors (Lipinski definition) is 1. The lowest BCUT2D eigenvalue weighted by Gasteiger charge is -1.94. The highest BCUT2D eigenvalue weighted by Gasteiger charge is 2.06. The van der Waals surface area contributed by atoms with Crippen LogP contribution in [-0.2, 0) is 11.2 Å². The predicted molar refractivity (Wildman–Crippen MR) is 62.2 cm³/mol. The Bertz CT molecular complexity index is 312. The number of hydrogen-bond acceptors (Lipinski definition) is 3. The van der Waals surface area contributed by atoms with Crippen LogP contribution >= 0.6 is 15.9 Å². The molecular formula is C10H15BrN2O2. The monoisotopic (exact) mass is 274 g/mol. The second kappa shape index (κ2) is 6.61. The molecule has 1 amide bonds. The zero-order valence-corrected chi connectivity index (χ0v) is 10.3. The lowest BCUT2D eigenvalue weighted by molar-refractivity contribution is -0.113. The smallest absolute Gasteiger partial charge is 0.236 e. The Morgan fingerprint density at radius 3 is 3.07 bits per heavy atom. The lowest BCUT2D eigenvalue weighted by Crippen LogP contribution is -2.12. The maximum absolute atomic E-state index is 11.0. The van der Waals surface area contributed by atoms with Crippen LogP contribution in [0.4, 0.5) is 5.82 Å². The van der Waals surface area contributed by atoms with Crippen molar-refractivity contribution in [2.45, 2.75) is 32.6 Å². The zero-order valence-electron chi connectivity index (χ0n) is 8.75. The molecule has 1 aromatic heterocycles. The number of amides is 1. The van der Waals surface area contributed by atoms with E-state index in [1.165, 1.54) is 12.8 Å². The molecule has 1 rings (SSSR count). The van der Waals surface area contributed by atoms with Crippen molar-refractivity contribution < 1.29 is 9.32 Å². The van der Waals surface area contributed by atoms with Crippen LogP contribution in [0.2, 0.25) is 0 Å². The van der Waals surface area contributed by atoms with Crippen LogP contribution < -0.4 is 5.32 Å². The topological polar surface area (TPSA) is 55.1 Å². The number of halogens is 1. The molecule has 84 valence electrons. The van der Waals surface area contributed by atoms with Crippen molar-refractivity contribution in [1.82, 2.24) is 5.16 Å². The minimum atomic E-state index is -0.122. The Labute approximate surface area is 97.5 Å². The van der Waals surface area contributed by atoms with E-state index in [9.17, 15) is 4.79 Å². The van der Waals surface area contributed by atoms with Crippen molar-refractivity contribution in [1.29, 1.82) is 0 Å². The molecule has 0 radical (unpaired) electrons. The quantitative estimate of drug-likeness (QED) is 0.641. The molecule has 0 aromatic carbocycles. The number of carbonyl (C=O) groups is 1. The summed E-state index contributed by atoms with van der Waals surface area (Å²) in [5.74, 6) is 1.20. The lowest BCUT2D eigenvalue weighted by atomic mass is 10.2. The van der Waals surface area contributed by atoms with Crippen LogP contribution in [0, 0.1) is 0 Å². The highest BCUT2D eigenvalue weighted by atomic mass is 79.9. The van der Waals surface area contributed by atoms with Gasteiger partial charge in [0.15, 0.2) is 5.82 Å². The Balaban J connectivity index is 2.38. The van der Waals surface area contributed by atoms with E-state index in [1.54, 1.807) is 6.07 Å². The summed E-state index contributed by atoms with van der Waals surface area (Å²) in [5, 5.41) is 6.64. The second-order valence-electron chi connectivity index (χ2n) is 3.32. The first-order chi connectivity index (χ1) is 7.26. The SMILES string of the molecule is CCCCCc1cc(NC(=O)CBr)no1. The molecule has 0 spiro atoms. The van der Waals surface area contributed by atoms with Crippen molar-refractivity contribution in [2.75, 3.05) is 10.6 Å². The molecule has 0 saturated heterocycles. The molecular weight excluding hydrogens is 260 g/mol. The fourth-order valence-corrected chi connectivity index (χ4v) is 1.36. The third kappa shape index (κ3) is 4.46. The Morgan fingerprint density at radius 2 is 2.40 bits per heavy atom. The number of aromatic nitrogens is 1. The van der Waals surface area contributed by atoms with Gasteiger partial charge < -0.3 is 9.84 Å². The summed E-state index contributed by atoms with van der Waals surface area (Å²) in [6.45, 7) is 2.15. The summed E-state index contributed by atoms with van der Waals surface area (Å²) in [7, 11) is 0. The van der Waals surface area contributed by atoms with Crippen LogP contribution in [-0.4, -0.2) is 16.4 Å². The third-order valence-corrected chi connectivity index (χ3v) is 2.48. The van der Waals surface area contributed by atoms with Gasteiger partial charge in [-0.05, 0) is 6.42 Å². The Morgan fingerprint density at radius 1 is 1.60 bits per heavy atom. The number of rotatable bonds is 6. The Hall–Kier alpha value is -0.840. The standard InChI is InChI=1S/C10H15BrN2O2/c1-2-3-4-5-8-6-9(13-15-8)12-10(14)7-11/h6H,2-5,7H2,1H3,(H,12,13,14). The van der Waals surface area contributed by atoms with E-state index in [0.29, 0.717) is 5.82 Å². The van der Waals surface area contributed by atoms with Crippen LogP contribution in [0.15, 0.2) is 10.6 Å². The molecule has 0 saturated carbocycles. The van der Waals surface area contributed by atoms with Gasteiger partial charge in [0.25, 0.3) is 0 Å². The van der Waals surface area contributed by atoms with Crippen LogP contribution in [0.1, 0.15) is 31.9 Å². The number of nitrogens with zero attached hydrogens (tertiary/aromatic N) is 1. The molecule has 15 heavy (non-hydrogen) atoms. The summed E-state index contributed by atoms with van der Waals surface area (Å²) in [6.07, 6.45) is 4.34. The molecule has 1 N–H and O–H groups in total. The molecule has 0 aliphatic heterocycles. The number of nitrogens with one attached hydrogen (secondary N) is 1. The van der Waals surface area contributed by atoms with Gasteiger partial charge in [0, 0.05) is 12.5 Å². The number of aryl methyl sites for hydroxylation is 1. The molecule has 1 heterocycles. The first-order valence-corrected chi connectivity index (χ1v) is 6.19. The van der Waals surface area contributed by atoms with Gasteiger partial charge in [-0.2, -0.15) is 0 Å². The van der Waals surface area contributed by atoms with E-state index in [4.69, 9.17) is 4.52 Å². The number of alkyl halides is 1. The van der Waals surface area contributed by atoms with Gasteiger partial charge in [-0.3, -0.25) is 4.79 Å². The average molecular weight is 275 g/mol. The van der Waals surface area contributed by atoms with Crippen molar-refractivity contribution in [3.8, 4) is 0 Å². The van der Waals surface area contributed by atoms with Crippen LogP contribution in [0.25, 0.3) is 0 Å². The summed E-state index contributed by atoms with van der Waals surface area (Å²) in [4.78, 5) is 11.0. The van der Waals surface area contributed by atoms with Crippen LogP contribution in [0.5, 0.6) is 0 Å². The Kier molecular flexibility index (Phi) is 5.39. The van der Waals surface area contributed by atoms with Gasteiger partial charge in [0.1, 0.15) is 5.76 Å². The minimum absolute atomic E-state index is 0.122. The first kappa shape index (κ1) is 12.2. The zero-order chi connectivity index (χ0) is 11.1. The molecule has 0 aliphatic carbocycles. The predicted octanol–water partition coefficient (Wildman–Crippen LogP) is 2.74. The van der Waals surface area contributed by atoms with Crippen molar-refractivity contribution in [3.63, 3.8) is 0 Å². The maximum Gasteiger partial charge on any atom is 0.236 e. The molecule has 0 unspecified atom stereocenters. The highest BCUT2D eigenvalue weighted by molar-refractivity contribution is 9.09. The molecule has 0 fully saturated rings. The van der Waals surface area contributed by atoms with E-state index in [1.807, 2.05) is 0 Å². The summed E-state index contributed by atoms with van der Waals surface area (Å²) < 4.78 is 5.08. The molecule has 5 heteroatoms. The van der Waals surface area contributed by atoms with E-state index in [-0.39, 0.29) is 11.2 Å². The number of carbonyl (C=O) groups excluding carboxylic acids is 1. The van der Waals surface area contributed by atoms with Gasteiger partial charge in [0.05, 0.1) is 5.33 Å². The molecule has 0 atom stereocenters. The van der Waals surface area contributed by atoms with E-state index in [0.717, 1.165) is 18.6 Å². The van der Waals surface area contributed by atoms with Crippen molar-refractivity contribution in [2.24, 2.45) is 0 Å². The van der Waals surface area contributed by atoms with Crippen LogP contribution in [0.3, 0.4) is 0 Å². The normalized spacial score (nSPS) is 10.3. The average Bonchev–Trinajstić information content (AvgIpc) is 2.66. The van der Waals surface area contributed by atoms with E-state index in [2.05, 4.69) is 33.3 Å². The van der Waals surface area contributed by atoms with Gasteiger partial charge in [-0.25, -0.2) is 0 Å². The first-order valence-electron chi connectivity index (χ1n) is 5.07. The van der Waals surface area contributed by atoms with E-state index >= 15 is 0 Å². The van der Waals surface area contributed by atoms with Gasteiger partial charge in [-0.1, -0.05) is 40.9 Å². The summed E-state index contributed by atoms with van der Waals surface area (Å²) in [6, 6.07) is 1.77. The van der Waals surface area contributed by atoms with Gasteiger partial charge >= 0.3 is 0 Å². The van der Waals surface area contributed by atoms with Crippen molar-refractivity contribution in [3.05, 3.63) is 11.8 Å². The maximum atomic E-state index is 11.0. The second-order valence-corrected chi connectivity index (χ2v) is 3.88. The third-order valence-electron chi connectivity index (χ3n) is 1.97. The summed E-state index contributed by atoms with van der Waals surface area (Å²) >= 11 is 3.06. The largest absolute Gasteiger partial charge is 0.359 e. The number of anilines is 1. The summed E-state index contributed by atoms with van der Waals surface area (Å²) in [5.41, 5.74) is 0. The molecule has 1 aromatic rings. The molecule has 4 nitrogen and oxygen atoms in total. The highest BCUT2D eigenvalue weighted by Crippen LogP contribution is 2.12. The van der Waals surface area contributed by atoms with Gasteiger partial charge in [0.2, 0.25) is 5.91 Å². The fraction of sp³-hybridized carbons (Fsp3) is 0.600. The van der Waals surface area contributed by atoms with E-state index < -0.39 is 0 Å². The fourth-order valence-electron chi connectivity index (χ4n) is 1.22. The van der Waals surface area contributed by atoms with Gasteiger partial charge in [-0.15, -0.1) is 0 Å². The molecule has 0 aliphatic rings. The minimum Gasteiger partial charge on any atom is -0.359 e. The van der Waals surface area contributed by atoms with Crippen molar-refractivity contribution >= 4 is 27.7 Å². The molecule has 0 bridgehead atoms. The number of unbranched alkanes of at least 4 members (excludes halogenated alkanes) is 2.